The third kappa shape index (κ3) is 4.51. The van der Waals surface area contributed by atoms with Crippen LogP contribution in [-0.4, -0.2) is 43.9 Å². The van der Waals surface area contributed by atoms with Crippen molar-refractivity contribution in [3.8, 4) is 5.69 Å². The molecule has 3 aromatic rings. The minimum Gasteiger partial charge on any atom is -0.366 e. The van der Waals surface area contributed by atoms with Gasteiger partial charge in [-0.05, 0) is 48.6 Å². The van der Waals surface area contributed by atoms with Gasteiger partial charge in [-0.1, -0.05) is 19.1 Å². The number of amides is 3. The Morgan fingerprint density at radius 2 is 1.91 bits per heavy atom. The number of hydrogen-bond donors (Lipinski definition) is 2. The number of carbonyl (C=O) groups is 3. The second-order valence-electron chi connectivity index (χ2n) is 7.98. The average Bonchev–Trinajstić information content (AvgIpc) is 3.34. The van der Waals surface area contributed by atoms with Gasteiger partial charge >= 0.3 is 11.8 Å². The van der Waals surface area contributed by atoms with E-state index in [0.29, 0.717) is 6.54 Å². The van der Waals surface area contributed by atoms with Gasteiger partial charge in [0.25, 0.3) is 0 Å². The molecule has 1 aliphatic rings. The van der Waals surface area contributed by atoms with E-state index in [4.69, 9.17) is 5.73 Å². The second-order valence-corrected chi connectivity index (χ2v) is 7.98. The third-order valence-electron chi connectivity index (χ3n) is 5.60. The summed E-state index contributed by atoms with van der Waals surface area (Å²) in [7, 11) is 0. The molecule has 0 radical (unpaired) electrons. The van der Waals surface area contributed by atoms with Gasteiger partial charge in [0, 0.05) is 25.1 Å². The highest BCUT2D eigenvalue weighted by Gasteiger charge is 2.34. The number of carbonyl (C=O) groups excluding carboxylic acids is 3. The van der Waals surface area contributed by atoms with E-state index in [9.17, 15) is 14.4 Å². The van der Waals surface area contributed by atoms with E-state index in [0.717, 1.165) is 24.1 Å². The smallest absolute Gasteiger partial charge is 0.313 e. The molecule has 2 atom stereocenters. The fourth-order valence-electron chi connectivity index (χ4n) is 3.95. The maximum atomic E-state index is 13.1. The zero-order chi connectivity index (χ0) is 22.7. The number of anilines is 1. The standard InChI is InChI=1S/C23H24N6O3/c1-15-3-8-20(16-4-6-19(7-5-16)29-10-2-9-26-29)28(14-15)23(32)22(31)27-18-11-17(21(24)30)12-25-13-18/h2,4-7,9-13,15,20H,3,8,14H2,1H3,(H2,24,30)(H,27,31)/t15-,20+/m0/s1. The fraction of sp³-hybridized carbons (Fsp3) is 0.261. The molecule has 164 valence electrons. The van der Waals surface area contributed by atoms with E-state index in [-0.39, 0.29) is 23.2 Å². The Labute approximate surface area is 185 Å². The maximum Gasteiger partial charge on any atom is 0.313 e. The van der Waals surface area contributed by atoms with Crippen molar-refractivity contribution in [2.45, 2.75) is 25.8 Å². The van der Waals surface area contributed by atoms with Crippen molar-refractivity contribution in [1.82, 2.24) is 19.7 Å². The molecule has 0 unspecified atom stereocenters. The van der Waals surface area contributed by atoms with Crippen molar-refractivity contribution in [2.24, 2.45) is 11.7 Å². The first-order valence-electron chi connectivity index (χ1n) is 10.4. The summed E-state index contributed by atoms with van der Waals surface area (Å²) in [6.45, 7) is 2.55. The maximum absolute atomic E-state index is 13.1. The summed E-state index contributed by atoms with van der Waals surface area (Å²) < 4.78 is 1.76. The molecule has 0 aliphatic carbocycles. The summed E-state index contributed by atoms with van der Waals surface area (Å²) >= 11 is 0. The number of benzene rings is 1. The lowest BCUT2D eigenvalue weighted by molar-refractivity contribution is -0.146. The Kier molecular flexibility index (Phi) is 5.98. The van der Waals surface area contributed by atoms with Gasteiger partial charge in [0.15, 0.2) is 0 Å². The first-order chi connectivity index (χ1) is 15.4. The molecule has 1 aliphatic heterocycles. The molecule has 9 heteroatoms. The van der Waals surface area contributed by atoms with Gasteiger partial charge in [-0.2, -0.15) is 5.10 Å². The predicted molar refractivity (Wildman–Crippen MR) is 118 cm³/mol. The quantitative estimate of drug-likeness (QED) is 0.613. The van der Waals surface area contributed by atoms with Gasteiger partial charge in [-0.15, -0.1) is 0 Å². The minimum atomic E-state index is -0.777. The molecular formula is C23H24N6O3. The molecule has 0 spiro atoms. The monoisotopic (exact) mass is 432 g/mol. The lowest BCUT2D eigenvalue weighted by Gasteiger charge is -2.38. The first kappa shape index (κ1) is 21.2. The van der Waals surface area contributed by atoms with Crippen LogP contribution in [0.2, 0.25) is 0 Å². The molecule has 3 heterocycles. The Balaban J connectivity index is 1.52. The molecule has 0 bridgehead atoms. The van der Waals surface area contributed by atoms with Crippen LogP contribution < -0.4 is 11.1 Å². The number of likely N-dealkylation sites (tertiary alicyclic amines) is 1. The van der Waals surface area contributed by atoms with Crippen molar-refractivity contribution >= 4 is 23.4 Å². The van der Waals surface area contributed by atoms with Crippen LogP contribution >= 0.6 is 0 Å². The van der Waals surface area contributed by atoms with E-state index < -0.39 is 17.7 Å². The van der Waals surface area contributed by atoms with Gasteiger partial charge in [0.05, 0.1) is 29.2 Å². The second kappa shape index (κ2) is 9.01. The van der Waals surface area contributed by atoms with Crippen LogP contribution in [0.3, 0.4) is 0 Å². The Hall–Kier alpha value is -4.01. The predicted octanol–water partition coefficient (Wildman–Crippen LogP) is 2.30. The van der Waals surface area contributed by atoms with E-state index >= 15 is 0 Å². The molecule has 1 fully saturated rings. The van der Waals surface area contributed by atoms with E-state index in [1.165, 1.54) is 18.5 Å². The van der Waals surface area contributed by atoms with Crippen LogP contribution in [0.25, 0.3) is 5.69 Å². The van der Waals surface area contributed by atoms with Crippen LogP contribution in [0.5, 0.6) is 0 Å². The molecule has 9 nitrogen and oxygen atoms in total. The number of primary amides is 1. The number of piperidine rings is 1. The topological polar surface area (TPSA) is 123 Å². The number of rotatable bonds is 4. The fourth-order valence-corrected chi connectivity index (χ4v) is 3.95. The summed E-state index contributed by atoms with van der Waals surface area (Å²) in [6.07, 6.45) is 7.96. The largest absolute Gasteiger partial charge is 0.366 e. The van der Waals surface area contributed by atoms with Crippen LogP contribution in [0.15, 0.2) is 61.2 Å². The van der Waals surface area contributed by atoms with E-state index in [1.54, 1.807) is 15.8 Å². The number of aromatic nitrogens is 3. The van der Waals surface area contributed by atoms with Crippen molar-refractivity contribution in [1.29, 1.82) is 0 Å². The molecule has 1 saturated heterocycles. The van der Waals surface area contributed by atoms with E-state index in [1.807, 2.05) is 36.5 Å². The zero-order valence-corrected chi connectivity index (χ0v) is 17.6. The van der Waals surface area contributed by atoms with Crippen LogP contribution in [0.4, 0.5) is 5.69 Å². The van der Waals surface area contributed by atoms with Gasteiger partial charge in [0.1, 0.15) is 0 Å². The Bertz CT molecular complexity index is 1130. The van der Waals surface area contributed by atoms with Crippen LogP contribution in [0, 0.1) is 5.92 Å². The zero-order valence-electron chi connectivity index (χ0n) is 17.6. The first-order valence-corrected chi connectivity index (χ1v) is 10.4. The van der Waals surface area contributed by atoms with Crippen molar-refractivity contribution in [2.75, 3.05) is 11.9 Å². The third-order valence-corrected chi connectivity index (χ3v) is 5.60. The molecule has 32 heavy (non-hydrogen) atoms. The highest BCUT2D eigenvalue weighted by atomic mass is 16.2. The minimum absolute atomic E-state index is 0.150. The molecule has 0 saturated carbocycles. The normalized spacial score (nSPS) is 18.2. The van der Waals surface area contributed by atoms with Gasteiger partial charge < -0.3 is 16.0 Å². The number of nitrogens with two attached hydrogens (primary N) is 1. The van der Waals surface area contributed by atoms with E-state index in [2.05, 4.69) is 22.3 Å². The number of nitrogens with one attached hydrogen (secondary N) is 1. The average molecular weight is 432 g/mol. The molecular weight excluding hydrogens is 408 g/mol. The SMILES string of the molecule is C[C@H]1CC[C@H](c2ccc(-n3cccn3)cc2)N(C(=O)C(=O)Nc2cncc(C(N)=O)c2)C1. The molecule has 3 amide bonds. The van der Waals surface area contributed by atoms with Gasteiger partial charge in [-0.25, -0.2) is 4.68 Å². The Morgan fingerprint density at radius 1 is 1.12 bits per heavy atom. The molecule has 4 rings (SSSR count). The number of pyridine rings is 1. The molecule has 3 N–H and O–H groups in total. The highest BCUT2D eigenvalue weighted by molar-refractivity contribution is 6.39. The Morgan fingerprint density at radius 3 is 2.59 bits per heavy atom. The van der Waals surface area contributed by atoms with Gasteiger partial charge in [0.2, 0.25) is 5.91 Å². The molecule has 1 aromatic carbocycles. The van der Waals surface area contributed by atoms with Crippen molar-refractivity contribution in [3.63, 3.8) is 0 Å². The lowest BCUT2D eigenvalue weighted by Crippen LogP contribution is -2.46. The summed E-state index contributed by atoms with van der Waals surface area (Å²) in [5, 5.41) is 6.76. The summed E-state index contributed by atoms with van der Waals surface area (Å²) in [4.78, 5) is 42.7. The van der Waals surface area contributed by atoms with Crippen LogP contribution in [0.1, 0.15) is 41.7 Å². The summed E-state index contributed by atoms with van der Waals surface area (Å²) in [5.74, 6) is -1.78. The van der Waals surface area contributed by atoms with Crippen molar-refractivity contribution in [3.05, 3.63) is 72.3 Å². The lowest BCUT2D eigenvalue weighted by atomic mass is 9.89. The molecule has 2 aromatic heterocycles. The summed E-state index contributed by atoms with van der Waals surface area (Å²) in [5.41, 5.74) is 7.53. The highest BCUT2D eigenvalue weighted by Crippen LogP contribution is 2.34. The van der Waals surface area contributed by atoms with Gasteiger partial charge in [-0.3, -0.25) is 19.4 Å². The van der Waals surface area contributed by atoms with Crippen molar-refractivity contribution < 1.29 is 14.4 Å². The van der Waals surface area contributed by atoms with Crippen LogP contribution in [-0.2, 0) is 9.59 Å². The number of nitrogens with zero attached hydrogens (tertiary/aromatic N) is 4. The summed E-state index contributed by atoms with van der Waals surface area (Å²) in [6, 6.07) is 10.9. The number of hydrogen-bond acceptors (Lipinski definition) is 5.